The number of nitrogens with zero attached hydrogens (tertiary/aromatic N) is 2. The molecule has 1 aromatic heterocycles. The van der Waals surface area contributed by atoms with Gasteiger partial charge in [-0.2, -0.15) is 0 Å². The van der Waals surface area contributed by atoms with Crippen LogP contribution in [0.1, 0.15) is 29.1 Å². The molecule has 1 unspecified atom stereocenters. The van der Waals surface area contributed by atoms with Crippen molar-refractivity contribution in [3.05, 3.63) is 52.2 Å². The third kappa shape index (κ3) is 6.70. The van der Waals surface area contributed by atoms with E-state index in [0.29, 0.717) is 37.6 Å². The van der Waals surface area contributed by atoms with Gasteiger partial charge < -0.3 is 15.0 Å². The van der Waals surface area contributed by atoms with Gasteiger partial charge in [0.2, 0.25) is 5.91 Å². The molecule has 0 radical (unpaired) electrons. The normalized spacial score (nSPS) is 16.1. The summed E-state index contributed by atoms with van der Waals surface area (Å²) < 4.78 is 40.7. The molecule has 10 heteroatoms. The number of carbonyl (C=O) groups is 2. The Hall–Kier alpha value is -2.59. The van der Waals surface area contributed by atoms with E-state index in [0.717, 1.165) is 5.56 Å². The number of hydrogen-bond acceptors (Lipinski definition) is 5. The van der Waals surface area contributed by atoms with Crippen LogP contribution in [0.5, 0.6) is 5.75 Å². The van der Waals surface area contributed by atoms with E-state index in [9.17, 15) is 22.8 Å². The van der Waals surface area contributed by atoms with Gasteiger partial charge in [0.15, 0.2) is 0 Å². The first-order chi connectivity index (χ1) is 15.1. The first-order valence-corrected chi connectivity index (χ1v) is 11.2. The second-order valence-corrected chi connectivity index (χ2v) is 8.91. The summed E-state index contributed by atoms with van der Waals surface area (Å²) in [6.07, 6.45) is -4.71. The van der Waals surface area contributed by atoms with Crippen molar-refractivity contribution in [2.45, 2.75) is 32.8 Å². The van der Waals surface area contributed by atoms with Crippen LogP contribution in [0.25, 0.3) is 0 Å². The highest BCUT2D eigenvalue weighted by Crippen LogP contribution is 2.23. The SMILES string of the molecule is CC(C)C(NC(=O)c1cccs1)C(=O)N1CCN(Cc2ccc(OC(F)(F)F)cc2)CC1. The minimum Gasteiger partial charge on any atom is -0.406 e. The molecule has 2 heterocycles. The van der Waals surface area contributed by atoms with Crippen LogP contribution < -0.4 is 10.1 Å². The third-order valence-electron chi connectivity index (χ3n) is 5.21. The number of carbonyl (C=O) groups excluding carboxylic acids is 2. The zero-order chi connectivity index (χ0) is 23.3. The molecule has 1 atom stereocenters. The van der Waals surface area contributed by atoms with Gasteiger partial charge in [0.1, 0.15) is 11.8 Å². The van der Waals surface area contributed by atoms with E-state index in [4.69, 9.17) is 0 Å². The molecule has 3 rings (SSSR count). The summed E-state index contributed by atoms with van der Waals surface area (Å²) in [6, 6.07) is 8.72. The highest BCUT2D eigenvalue weighted by atomic mass is 32.1. The van der Waals surface area contributed by atoms with E-state index >= 15 is 0 Å². The number of rotatable bonds is 7. The summed E-state index contributed by atoms with van der Waals surface area (Å²) in [7, 11) is 0. The predicted molar refractivity (Wildman–Crippen MR) is 115 cm³/mol. The van der Waals surface area contributed by atoms with Crippen molar-refractivity contribution in [2.75, 3.05) is 26.2 Å². The lowest BCUT2D eigenvalue weighted by Crippen LogP contribution is -2.56. The first kappa shape index (κ1) is 24.1. The topological polar surface area (TPSA) is 61.9 Å². The Bertz CT molecular complexity index is 893. The standard InChI is InChI=1S/C22H26F3N3O3S/c1-15(2)19(26-20(29)18-4-3-13-32-18)21(30)28-11-9-27(10-12-28)14-16-5-7-17(8-6-16)31-22(23,24)25/h3-8,13,15,19H,9-12,14H2,1-2H3,(H,26,29). The molecule has 32 heavy (non-hydrogen) atoms. The van der Waals surface area contributed by atoms with E-state index in [1.165, 1.54) is 23.5 Å². The first-order valence-electron chi connectivity index (χ1n) is 10.3. The van der Waals surface area contributed by atoms with Gasteiger partial charge in [-0.25, -0.2) is 0 Å². The molecule has 1 saturated heterocycles. The van der Waals surface area contributed by atoms with Gasteiger partial charge in [-0.3, -0.25) is 14.5 Å². The Kier molecular flexibility index (Phi) is 7.78. The highest BCUT2D eigenvalue weighted by molar-refractivity contribution is 7.12. The molecule has 1 fully saturated rings. The number of ether oxygens (including phenoxy) is 1. The van der Waals surface area contributed by atoms with Crippen LogP contribution in [0.15, 0.2) is 41.8 Å². The number of alkyl halides is 3. The summed E-state index contributed by atoms with van der Waals surface area (Å²) in [6.45, 7) is 6.68. The van der Waals surface area contributed by atoms with Gasteiger partial charge in [-0.1, -0.05) is 32.0 Å². The summed E-state index contributed by atoms with van der Waals surface area (Å²) in [5.74, 6) is -0.648. The van der Waals surface area contributed by atoms with Crippen molar-refractivity contribution >= 4 is 23.2 Å². The molecule has 0 spiro atoms. The smallest absolute Gasteiger partial charge is 0.406 e. The molecular weight excluding hydrogens is 443 g/mol. The largest absolute Gasteiger partial charge is 0.573 e. The molecule has 2 amide bonds. The summed E-state index contributed by atoms with van der Waals surface area (Å²) in [5, 5.41) is 4.68. The molecule has 174 valence electrons. The Morgan fingerprint density at radius 2 is 1.75 bits per heavy atom. The third-order valence-corrected chi connectivity index (χ3v) is 6.08. The molecule has 1 aliphatic rings. The number of amides is 2. The number of thiophene rings is 1. The fraction of sp³-hybridized carbons (Fsp3) is 0.455. The van der Waals surface area contributed by atoms with Crippen molar-refractivity contribution in [3.8, 4) is 5.75 Å². The molecular formula is C22H26F3N3O3S. The minimum absolute atomic E-state index is 0.0538. The molecule has 6 nitrogen and oxygen atoms in total. The van der Waals surface area contributed by atoms with Crippen LogP contribution in [-0.4, -0.2) is 60.2 Å². The van der Waals surface area contributed by atoms with Crippen molar-refractivity contribution < 1.29 is 27.5 Å². The fourth-order valence-electron chi connectivity index (χ4n) is 3.51. The fourth-order valence-corrected chi connectivity index (χ4v) is 4.14. The Labute approximate surface area is 189 Å². The number of nitrogens with one attached hydrogen (secondary N) is 1. The lowest BCUT2D eigenvalue weighted by atomic mass is 10.0. The van der Waals surface area contributed by atoms with Gasteiger partial charge in [-0.05, 0) is 35.1 Å². The number of piperazine rings is 1. The van der Waals surface area contributed by atoms with Crippen LogP contribution in [-0.2, 0) is 11.3 Å². The second-order valence-electron chi connectivity index (χ2n) is 7.97. The zero-order valence-electron chi connectivity index (χ0n) is 17.9. The maximum atomic E-state index is 13.1. The van der Waals surface area contributed by atoms with Crippen molar-refractivity contribution in [1.82, 2.24) is 15.1 Å². The molecule has 1 aromatic carbocycles. The Morgan fingerprint density at radius 1 is 1.09 bits per heavy atom. The van der Waals surface area contributed by atoms with Crippen LogP contribution in [0, 0.1) is 5.92 Å². The maximum absolute atomic E-state index is 13.1. The van der Waals surface area contributed by atoms with E-state index in [-0.39, 0.29) is 23.5 Å². The highest BCUT2D eigenvalue weighted by Gasteiger charge is 2.32. The average Bonchev–Trinajstić information content (AvgIpc) is 3.27. The van der Waals surface area contributed by atoms with Crippen molar-refractivity contribution in [2.24, 2.45) is 5.92 Å². The molecule has 0 aliphatic carbocycles. The van der Waals surface area contributed by atoms with Gasteiger partial charge in [0.25, 0.3) is 5.91 Å². The van der Waals surface area contributed by atoms with Gasteiger partial charge in [0.05, 0.1) is 4.88 Å². The molecule has 1 aliphatic heterocycles. The van der Waals surface area contributed by atoms with Crippen LogP contribution in [0.3, 0.4) is 0 Å². The van der Waals surface area contributed by atoms with Gasteiger partial charge >= 0.3 is 6.36 Å². The molecule has 0 saturated carbocycles. The quantitative estimate of drug-likeness (QED) is 0.671. The van der Waals surface area contributed by atoms with Crippen molar-refractivity contribution in [1.29, 1.82) is 0 Å². The van der Waals surface area contributed by atoms with Gasteiger partial charge in [0, 0.05) is 32.7 Å². The van der Waals surface area contributed by atoms with E-state index in [1.807, 2.05) is 19.2 Å². The van der Waals surface area contributed by atoms with E-state index in [1.54, 1.807) is 29.2 Å². The summed E-state index contributed by atoms with van der Waals surface area (Å²) >= 11 is 1.33. The number of hydrogen-bond donors (Lipinski definition) is 1. The molecule has 2 aromatic rings. The lowest BCUT2D eigenvalue weighted by Gasteiger charge is -2.37. The zero-order valence-corrected chi connectivity index (χ0v) is 18.7. The lowest BCUT2D eigenvalue weighted by molar-refractivity contribution is -0.274. The monoisotopic (exact) mass is 469 g/mol. The Morgan fingerprint density at radius 3 is 2.28 bits per heavy atom. The van der Waals surface area contributed by atoms with Crippen molar-refractivity contribution in [3.63, 3.8) is 0 Å². The average molecular weight is 470 g/mol. The summed E-state index contributed by atoms with van der Waals surface area (Å²) in [5.41, 5.74) is 0.863. The minimum atomic E-state index is -4.71. The number of benzene rings is 1. The predicted octanol–water partition coefficient (Wildman–Crippen LogP) is 3.75. The van der Waals surface area contributed by atoms with Crippen LogP contribution in [0.2, 0.25) is 0 Å². The Balaban J connectivity index is 1.51. The van der Waals surface area contributed by atoms with E-state index in [2.05, 4.69) is 15.0 Å². The van der Waals surface area contributed by atoms with Crippen LogP contribution in [0.4, 0.5) is 13.2 Å². The van der Waals surface area contributed by atoms with E-state index < -0.39 is 12.4 Å². The number of halogens is 3. The molecule has 1 N–H and O–H groups in total. The second kappa shape index (κ2) is 10.4. The molecule has 0 bridgehead atoms. The van der Waals surface area contributed by atoms with Gasteiger partial charge in [-0.15, -0.1) is 24.5 Å². The van der Waals surface area contributed by atoms with Crippen LogP contribution >= 0.6 is 11.3 Å². The summed E-state index contributed by atoms with van der Waals surface area (Å²) in [4.78, 5) is 29.9. The maximum Gasteiger partial charge on any atom is 0.573 e.